The van der Waals surface area contributed by atoms with Crippen molar-refractivity contribution in [2.75, 3.05) is 13.1 Å². The summed E-state index contributed by atoms with van der Waals surface area (Å²) in [6.07, 6.45) is 5.05. The first-order valence-corrected chi connectivity index (χ1v) is 13.2. The number of benzene rings is 1. The second-order valence-corrected chi connectivity index (χ2v) is 11.3. The number of pyridine rings is 1. The fourth-order valence-corrected chi connectivity index (χ4v) is 5.33. The Morgan fingerprint density at radius 1 is 1.18 bits per heavy atom. The topological polar surface area (TPSA) is 136 Å². The highest BCUT2D eigenvalue weighted by Gasteiger charge is 2.39. The Labute approximate surface area is 219 Å². The van der Waals surface area contributed by atoms with Gasteiger partial charge in [0.1, 0.15) is 11.1 Å². The van der Waals surface area contributed by atoms with Gasteiger partial charge in [0, 0.05) is 53.6 Å². The average molecular weight is 523 g/mol. The lowest BCUT2D eigenvalue weighted by atomic mass is 10.0. The second kappa shape index (κ2) is 9.81. The summed E-state index contributed by atoms with van der Waals surface area (Å²) in [5, 5.41) is 10.5. The normalized spacial score (nSPS) is 17.8. The number of aryl methyl sites for hydroxylation is 1. The molecule has 0 bridgehead atoms. The Morgan fingerprint density at radius 3 is 2.63 bits per heavy atom. The Balaban J connectivity index is 1.45. The maximum Gasteiger partial charge on any atom is 0.410 e. The molecule has 1 aliphatic carbocycles. The first kappa shape index (κ1) is 25.8. The van der Waals surface area contributed by atoms with Crippen LogP contribution in [-0.2, 0) is 16.0 Å². The molecule has 1 atom stereocenters. The van der Waals surface area contributed by atoms with E-state index in [1.165, 1.54) is 0 Å². The number of H-pyrrole nitrogens is 2. The van der Waals surface area contributed by atoms with Crippen molar-refractivity contribution in [1.29, 1.82) is 0 Å². The predicted molar refractivity (Wildman–Crippen MR) is 142 cm³/mol. The minimum absolute atomic E-state index is 0.0646. The van der Waals surface area contributed by atoms with Crippen LogP contribution in [0.2, 0.25) is 0 Å². The maximum atomic E-state index is 13.8. The quantitative estimate of drug-likeness (QED) is 0.429. The van der Waals surface area contributed by atoms with Crippen molar-refractivity contribution in [2.24, 2.45) is 0 Å². The average Bonchev–Trinajstić information content (AvgIpc) is 3.41. The van der Waals surface area contributed by atoms with Gasteiger partial charge in [-0.05, 0) is 76.6 Å². The number of nitrogens with one attached hydrogen (secondary N) is 2. The van der Waals surface area contributed by atoms with Crippen LogP contribution in [0.1, 0.15) is 68.8 Å². The van der Waals surface area contributed by atoms with Crippen LogP contribution in [0, 0.1) is 0 Å². The highest BCUT2D eigenvalue weighted by molar-refractivity contribution is 6.09. The molecule has 2 amide bonds. The van der Waals surface area contributed by atoms with Crippen LogP contribution in [0.15, 0.2) is 29.2 Å². The van der Waals surface area contributed by atoms with E-state index >= 15 is 0 Å². The standard InChI is InChI=1S/C28H34N4O6/c1-28(2,3)38-27(37)31-12-4-5-19(31)15-32(18-8-9-18)26(36)16-6-10-21-20(13-16)23-17(7-11-22(33)34)14-29-24(23)25(35)30-21/h6,10,13-14,18-19,29H,4-5,7-9,11-12,15H2,1-3H3,(H,30,35)(H,33,34). The van der Waals surface area contributed by atoms with E-state index in [0.717, 1.165) is 31.2 Å². The van der Waals surface area contributed by atoms with E-state index in [2.05, 4.69) is 9.97 Å². The lowest BCUT2D eigenvalue weighted by molar-refractivity contribution is -0.136. The molecule has 38 heavy (non-hydrogen) atoms. The SMILES string of the molecule is CC(C)(C)OC(=O)N1CCCC1CN(C(=O)c1ccc2[nH]c(=O)c3[nH]cc(CCC(=O)O)c3c2c1)C1CC1. The van der Waals surface area contributed by atoms with Crippen molar-refractivity contribution in [3.05, 3.63) is 45.9 Å². The second-order valence-electron chi connectivity index (χ2n) is 11.3. The van der Waals surface area contributed by atoms with Gasteiger partial charge < -0.3 is 29.6 Å². The van der Waals surface area contributed by atoms with E-state index in [1.807, 2.05) is 25.7 Å². The summed E-state index contributed by atoms with van der Waals surface area (Å²) in [5.74, 6) is -1.04. The van der Waals surface area contributed by atoms with Crippen molar-refractivity contribution >= 4 is 39.8 Å². The van der Waals surface area contributed by atoms with Crippen LogP contribution in [0.3, 0.4) is 0 Å². The minimum Gasteiger partial charge on any atom is -0.481 e. The lowest BCUT2D eigenvalue weighted by Crippen LogP contribution is -2.47. The van der Waals surface area contributed by atoms with Gasteiger partial charge >= 0.3 is 12.1 Å². The fraction of sp³-hybridized carbons (Fsp3) is 0.500. The number of carbonyl (C=O) groups is 3. The molecule has 202 valence electrons. The van der Waals surface area contributed by atoms with E-state index in [-0.39, 0.29) is 42.5 Å². The van der Waals surface area contributed by atoms with Crippen molar-refractivity contribution in [3.63, 3.8) is 0 Å². The van der Waals surface area contributed by atoms with Crippen LogP contribution in [-0.4, -0.2) is 73.6 Å². The van der Waals surface area contributed by atoms with E-state index in [1.54, 1.807) is 29.3 Å². The van der Waals surface area contributed by atoms with E-state index in [0.29, 0.717) is 40.5 Å². The number of hydrogen-bond donors (Lipinski definition) is 3. The van der Waals surface area contributed by atoms with Gasteiger partial charge in [-0.2, -0.15) is 0 Å². The molecule has 2 fully saturated rings. The third-order valence-corrected chi connectivity index (χ3v) is 7.24. The molecule has 0 spiro atoms. The molecule has 2 aromatic heterocycles. The number of aromatic nitrogens is 2. The zero-order valence-electron chi connectivity index (χ0n) is 22.0. The third kappa shape index (κ3) is 5.25. The van der Waals surface area contributed by atoms with Gasteiger partial charge in [-0.3, -0.25) is 14.4 Å². The number of carboxylic acids is 1. The third-order valence-electron chi connectivity index (χ3n) is 7.24. The number of nitrogens with zero attached hydrogens (tertiary/aromatic N) is 2. The molecule has 3 heterocycles. The molecule has 10 heteroatoms. The maximum absolute atomic E-state index is 13.8. The summed E-state index contributed by atoms with van der Waals surface area (Å²) in [5.41, 5.74) is 1.28. The van der Waals surface area contributed by atoms with Gasteiger partial charge in [0.25, 0.3) is 11.5 Å². The molecule has 1 saturated carbocycles. The number of aliphatic carboxylic acids is 1. The van der Waals surface area contributed by atoms with Crippen molar-refractivity contribution in [3.8, 4) is 0 Å². The molecule has 3 N–H and O–H groups in total. The summed E-state index contributed by atoms with van der Waals surface area (Å²) < 4.78 is 5.61. The molecule has 1 unspecified atom stereocenters. The Morgan fingerprint density at radius 2 is 1.95 bits per heavy atom. The van der Waals surface area contributed by atoms with Crippen LogP contribution in [0.5, 0.6) is 0 Å². The lowest BCUT2D eigenvalue weighted by Gasteiger charge is -2.32. The summed E-state index contributed by atoms with van der Waals surface area (Å²) in [4.78, 5) is 59.9. The summed E-state index contributed by atoms with van der Waals surface area (Å²) in [6.45, 7) is 6.59. The minimum atomic E-state index is -0.920. The van der Waals surface area contributed by atoms with Crippen LogP contribution in [0.25, 0.3) is 21.8 Å². The van der Waals surface area contributed by atoms with Crippen molar-refractivity contribution in [1.82, 2.24) is 19.8 Å². The summed E-state index contributed by atoms with van der Waals surface area (Å²) >= 11 is 0. The smallest absolute Gasteiger partial charge is 0.410 e. The number of likely N-dealkylation sites (tertiary alicyclic amines) is 1. The largest absolute Gasteiger partial charge is 0.481 e. The number of hydrogen-bond acceptors (Lipinski definition) is 5. The first-order valence-electron chi connectivity index (χ1n) is 13.2. The van der Waals surface area contributed by atoms with Crippen molar-refractivity contribution in [2.45, 2.75) is 77.0 Å². The molecule has 10 nitrogen and oxygen atoms in total. The molecule has 0 radical (unpaired) electrons. The Bertz CT molecular complexity index is 1460. The Kier molecular flexibility index (Phi) is 6.66. The summed E-state index contributed by atoms with van der Waals surface area (Å²) in [7, 11) is 0. The molecular weight excluding hydrogens is 488 g/mol. The van der Waals surface area contributed by atoms with Gasteiger partial charge in [-0.15, -0.1) is 0 Å². The molecular formula is C28H34N4O6. The van der Waals surface area contributed by atoms with Gasteiger partial charge in [0.05, 0.1) is 6.04 Å². The predicted octanol–water partition coefficient (Wildman–Crippen LogP) is 4.03. The first-order chi connectivity index (χ1) is 18.0. The molecule has 5 rings (SSSR count). The van der Waals surface area contributed by atoms with Gasteiger partial charge in [-0.1, -0.05) is 0 Å². The fourth-order valence-electron chi connectivity index (χ4n) is 5.33. The van der Waals surface area contributed by atoms with Gasteiger partial charge in [-0.25, -0.2) is 4.79 Å². The highest BCUT2D eigenvalue weighted by atomic mass is 16.6. The van der Waals surface area contributed by atoms with Crippen LogP contribution >= 0.6 is 0 Å². The van der Waals surface area contributed by atoms with Crippen molar-refractivity contribution < 1.29 is 24.2 Å². The summed E-state index contributed by atoms with van der Waals surface area (Å²) in [6, 6.07) is 5.25. The van der Waals surface area contributed by atoms with E-state index < -0.39 is 11.6 Å². The van der Waals surface area contributed by atoms with Gasteiger partial charge in [0.15, 0.2) is 0 Å². The molecule has 2 aliphatic rings. The number of rotatable bonds is 7. The van der Waals surface area contributed by atoms with E-state index in [9.17, 15) is 19.2 Å². The number of carbonyl (C=O) groups excluding carboxylic acids is 2. The van der Waals surface area contributed by atoms with Gasteiger partial charge in [0.2, 0.25) is 0 Å². The number of ether oxygens (including phenoxy) is 1. The molecule has 1 aromatic carbocycles. The number of fused-ring (bicyclic) bond motifs is 3. The molecule has 1 saturated heterocycles. The zero-order chi connectivity index (χ0) is 27.2. The number of amides is 2. The monoisotopic (exact) mass is 522 g/mol. The van der Waals surface area contributed by atoms with Crippen LogP contribution in [0.4, 0.5) is 4.79 Å². The zero-order valence-corrected chi connectivity index (χ0v) is 22.0. The van der Waals surface area contributed by atoms with E-state index in [4.69, 9.17) is 9.84 Å². The number of aromatic amines is 2. The van der Waals surface area contributed by atoms with Crippen LogP contribution < -0.4 is 5.56 Å². The Hall–Kier alpha value is -3.82. The molecule has 1 aliphatic heterocycles. The molecule has 3 aromatic rings. The number of carboxylic acid groups (broad SMARTS) is 1. The highest BCUT2D eigenvalue weighted by Crippen LogP contribution is 2.32.